The summed E-state index contributed by atoms with van der Waals surface area (Å²) >= 11 is 2.08. The molecule has 2 rings (SSSR count). The van der Waals surface area contributed by atoms with Gasteiger partial charge >= 0.3 is 0 Å². The van der Waals surface area contributed by atoms with E-state index < -0.39 is 0 Å². The van der Waals surface area contributed by atoms with Gasteiger partial charge in [0.1, 0.15) is 0 Å². The highest BCUT2D eigenvalue weighted by Gasteiger charge is 2.29. The third kappa shape index (κ3) is 3.50. The normalized spacial score (nSPS) is 20.6. The molecular formula is C15H24N2S. The first kappa shape index (κ1) is 13.9. The number of rotatable bonds is 5. The van der Waals surface area contributed by atoms with Gasteiger partial charge in [0.05, 0.1) is 0 Å². The van der Waals surface area contributed by atoms with Gasteiger partial charge in [0.15, 0.2) is 0 Å². The third-order valence-corrected chi connectivity index (χ3v) is 4.66. The highest BCUT2D eigenvalue weighted by Crippen LogP contribution is 2.25. The maximum absolute atomic E-state index is 3.36. The van der Waals surface area contributed by atoms with Gasteiger partial charge in [0, 0.05) is 43.1 Å². The van der Waals surface area contributed by atoms with E-state index in [2.05, 4.69) is 59.2 Å². The van der Waals surface area contributed by atoms with E-state index >= 15 is 0 Å². The minimum Gasteiger partial charge on any atom is -0.319 e. The Morgan fingerprint density at radius 1 is 1.22 bits per heavy atom. The van der Waals surface area contributed by atoms with Crippen molar-refractivity contribution in [2.24, 2.45) is 0 Å². The van der Waals surface area contributed by atoms with Crippen LogP contribution in [0.2, 0.25) is 0 Å². The number of likely N-dealkylation sites (N-methyl/N-ethyl adjacent to an activating group) is 1. The van der Waals surface area contributed by atoms with Crippen molar-refractivity contribution < 1.29 is 0 Å². The molecule has 1 aromatic rings. The predicted molar refractivity (Wildman–Crippen MR) is 81.5 cm³/mol. The van der Waals surface area contributed by atoms with E-state index in [1.54, 1.807) is 0 Å². The van der Waals surface area contributed by atoms with Gasteiger partial charge in [0.2, 0.25) is 0 Å². The SMILES string of the molecule is CNCC(C)(CN1CCSCC1)c1ccccc1. The first-order chi connectivity index (χ1) is 8.74. The monoisotopic (exact) mass is 264 g/mol. The van der Waals surface area contributed by atoms with E-state index in [0.29, 0.717) is 0 Å². The van der Waals surface area contributed by atoms with E-state index in [1.165, 1.54) is 30.2 Å². The minimum atomic E-state index is 0.206. The van der Waals surface area contributed by atoms with Gasteiger partial charge < -0.3 is 10.2 Å². The fourth-order valence-corrected chi connectivity index (χ4v) is 3.71. The smallest absolute Gasteiger partial charge is 0.0176 e. The minimum absolute atomic E-state index is 0.206. The number of nitrogens with zero attached hydrogens (tertiary/aromatic N) is 1. The highest BCUT2D eigenvalue weighted by molar-refractivity contribution is 7.99. The molecule has 0 bridgehead atoms. The first-order valence-corrected chi connectivity index (χ1v) is 7.90. The molecule has 2 nitrogen and oxygen atoms in total. The Morgan fingerprint density at radius 3 is 2.50 bits per heavy atom. The first-order valence-electron chi connectivity index (χ1n) is 6.75. The lowest BCUT2D eigenvalue weighted by Crippen LogP contribution is -2.47. The van der Waals surface area contributed by atoms with Gasteiger partial charge in [-0.1, -0.05) is 37.3 Å². The maximum atomic E-state index is 3.36. The zero-order valence-corrected chi connectivity index (χ0v) is 12.3. The number of nitrogens with one attached hydrogen (secondary N) is 1. The van der Waals surface area contributed by atoms with Crippen LogP contribution >= 0.6 is 11.8 Å². The lowest BCUT2D eigenvalue weighted by Gasteiger charge is -2.37. The average Bonchev–Trinajstić information content (AvgIpc) is 2.41. The van der Waals surface area contributed by atoms with E-state index in [1.807, 2.05) is 7.05 Å². The molecule has 1 heterocycles. The molecule has 1 fully saturated rings. The molecule has 100 valence electrons. The summed E-state index contributed by atoms with van der Waals surface area (Å²) in [6.45, 7) is 7.02. The summed E-state index contributed by atoms with van der Waals surface area (Å²) in [6.07, 6.45) is 0. The van der Waals surface area contributed by atoms with E-state index in [9.17, 15) is 0 Å². The van der Waals surface area contributed by atoms with Crippen LogP contribution in [0.15, 0.2) is 30.3 Å². The number of hydrogen-bond acceptors (Lipinski definition) is 3. The van der Waals surface area contributed by atoms with Gasteiger partial charge in [-0.3, -0.25) is 0 Å². The van der Waals surface area contributed by atoms with Crippen molar-refractivity contribution in [1.29, 1.82) is 0 Å². The van der Waals surface area contributed by atoms with Crippen LogP contribution in [-0.4, -0.2) is 49.6 Å². The second-order valence-corrected chi connectivity index (χ2v) is 6.57. The Bertz CT molecular complexity index is 349. The Kier molecular flexibility index (Phi) is 5.10. The van der Waals surface area contributed by atoms with Crippen LogP contribution in [-0.2, 0) is 5.41 Å². The van der Waals surface area contributed by atoms with Crippen LogP contribution in [0.3, 0.4) is 0 Å². The average molecular weight is 264 g/mol. The molecule has 0 radical (unpaired) electrons. The van der Waals surface area contributed by atoms with Gasteiger partial charge in [-0.25, -0.2) is 0 Å². The summed E-state index contributed by atoms with van der Waals surface area (Å²) in [7, 11) is 2.05. The van der Waals surface area contributed by atoms with Gasteiger partial charge in [-0.05, 0) is 12.6 Å². The lowest BCUT2D eigenvalue weighted by molar-refractivity contribution is 0.230. The molecule has 1 atom stereocenters. The van der Waals surface area contributed by atoms with E-state index in [4.69, 9.17) is 0 Å². The summed E-state index contributed by atoms with van der Waals surface area (Å²) < 4.78 is 0. The van der Waals surface area contributed by atoms with Gasteiger partial charge in [0.25, 0.3) is 0 Å². The van der Waals surface area contributed by atoms with Gasteiger partial charge in [-0.15, -0.1) is 0 Å². The van der Waals surface area contributed by atoms with Crippen molar-refractivity contribution in [2.45, 2.75) is 12.3 Å². The summed E-state index contributed by atoms with van der Waals surface area (Å²) in [5.74, 6) is 2.56. The van der Waals surface area contributed by atoms with Crippen LogP contribution in [0.25, 0.3) is 0 Å². The number of benzene rings is 1. The molecule has 3 heteroatoms. The van der Waals surface area contributed by atoms with Crippen LogP contribution in [0.1, 0.15) is 12.5 Å². The quantitative estimate of drug-likeness (QED) is 0.878. The molecule has 1 N–H and O–H groups in total. The molecule has 1 aliphatic heterocycles. The van der Waals surface area contributed by atoms with Crippen LogP contribution in [0.5, 0.6) is 0 Å². The molecular weight excluding hydrogens is 240 g/mol. The molecule has 0 saturated carbocycles. The van der Waals surface area contributed by atoms with Crippen LogP contribution < -0.4 is 5.32 Å². The summed E-state index contributed by atoms with van der Waals surface area (Å²) in [5.41, 5.74) is 1.65. The Labute approximate surface area is 115 Å². The molecule has 1 saturated heterocycles. The molecule has 0 spiro atoms. The fourth-order valence-electron chi connectivity index (χ4n) is 2.73. The van der Waals surface area contributed by atoms with Crippen LogP contribution in [0.4, 0.5) is 0 Å². The summed E-state index contributed by atoms with van der Waals surface area (Å²) in [6, 6.07) is 10.9. The maximum Gasteiger partial charge on any atom is 0.0176 e. The largest absolute Gasteiger partial charge is 0.319 e. The van der Waals surface area contributed by atoms with E-state index in [-0.39, 0.29) is 5.41 Å². The summed E-state index contributed by atoms with van der Waals surface area (Å²) in [5, 5.41) is 3.36. The molecule has 18 heavy (non-hydrogen) atoms. The standard InChI is InChI=1S/C15H24N2S/c1-15(12-16-2,14-6-4-3-5-7-14)13-17-8-10-18-11-9-17/h3-7,16H,8-13H2,1-2H3. The van der Waals surface area contributed by atoms with Crippen LogP contribution in [0, 0.1) is 0 Å². The topological polar surface area (TPSA) is 15.3 Å². The van der Waals surface area contributed by atoms with Crippen molar-refractivity contribution in [2.75, 3.05) is 44.7 Å². The summed E-state index contributed by atoms with van der Waals surface area (Å²) in [4.78, 5) is 2.61. The molecule has 1 aliphatic rings. The third-order valence-electron chi connectivity index (χ3n) is 3.71. The molecule has 0 aromatic heterocycles. The second kappa shape index (κ2) is 6.60. The van der Waals surface area contributed by atoms with Crippen molar-refractivity contribution in [3.8, 4) is 0 Å². The lowest BCUT2D eigenvalue weighted by atomic mass is 9.81. The van der Waals surface area contributed by atoms with Crippen molar-refractivity contribution in [3.63, 3.8) is 0 Å². The number of hydrogen-bond donors (Lipinski definition) is 1. The fraction of sp³-hybridized carbons (Fsp3) is 0.600. The molecule has 0 aliphatic carbocycles. The Balaban J connectivity index is 2.10. The zero-order valence-electron chi connectivity index (χ0n) is 11.5. The Hall–Kier alpha value is -0.510. The van der Waals surface area contributed by atoms with Crippen molar-refractivity contribution in [3.05, 3.63) is 35.9 Å². The zero-order chi connectivity index (χ0) is 12.8. The molecule has 0 amide bonds. The Morgan fingerprint density at radius 2 is 1.89 bits per heavy atom. The number of thioether (sulfide) groups is 1. The van der Waals surface area contributed by atoms with Crippen molar-refractivity contribution in [1.82, 2.24) is 10.2 Å². The second-order valence-electron chi connectivity index (χ2n) is 5.35. The molecule has 1 unspecified atom stereocenters. The van der Waals surface area contributed by atoms with Crippen molar-refractivity contribution >= 4 is 11.8 Å². The highest BCUT2D eigenvalue weighted by atomic mass is 32.2. The molecule has 1 aromatic carbocycles. The van der Waals surface area contributed by atoms with E-state index in [0.717, 1.165) is 13.1 Å². The van der Waals surface area contributed by atoms with Gasteiger partial charge in [-0.2, -0.15) is 11.8 Å². The predicted octanol–water partition coefficient (Wildman–Crippen LogP) is 2.21.